The van der Waals surface area contributed by atoms with Gasteiger partial charge in [-0.3, -0.25) is 4.79 Å². The van der Waals surface area contributed by atoms with E-state index >= 15 is 0 Å². The first-order chi connectivity index (χ1) is 7.72. The maximum absolute atomic E-state index is 11.2. The minimum absolute atomic E-state index is 0.132. The van der Waals surface area contributed by atoms with Crippen LogP contribution in [0.1, 0.15) is 32.3 Å². The van der Waals surface area contributed by atoms with Crippen LogP contribution in [-0.2, 0) is 9.53 Å². The smallest absolute Gasteiger partial charge is 0.306 e. The molecule has 0 aliphatic heterocycles. The Labute approximate surface area is 96.9 Å². The Kier molecular flexibility index (Phi) is 5.34. The molecule has 0 radical (unpaired) electrons. The van der Waals surface area contributed by atoms with Gasteiger partial charge in [0.1, 0.15) is 6.10 Å². The van der Waals surface area contributed by atoms with Crippen LogP contribution in [0.15, 0.2) is 36.4 Å². The Bertz CT molecular complexity index is 341. The predicted molar refractivity (Wildman–Crippen MR) is 65.9 cm³/mol. The van der Waals surface area contributed by atoms with Crippen LogP contribution < -0.4 is 0 Å². The molecule has 0 aliphatic carbocycles. The summed E-state index contributed by atoms with van der Waals surface area (Å²) in [5.41, 5.74) is 1.11. The van der Waals surface area contributed by atoms with Crippen molar-refractivity contribution in [1.29, 1.82) is 0 Å². The van der Waals surface area contributed by atoms with Crippen molar-refractivity contribution in [3.8, 4) is 0 Å². The van der Waals surface area contributed by atoms with Crippen LogP contribution in [0.25, 0.3) is 6.08 Å². The monoisotopic (exact) mass is 218 g/mol. The molecule has 0 amide bonds. The van der Waals surface area contributed by atoms with Crippen molar-refractivity contribution in [1.82, 2.24) is 0 Å². The van der Waals surface area contributed by atoms with Gasteiger partial charge in [-0.05, 0) is 25.0 Å². The minimum Gasteiger partial charge on any atom is -0.458 e. The molecule has 0 aromatic heterocycles. The molecule has 1 atom stereocenters. The lowest BCUT2D eigenvalue weighted by Crippen LogP contribution is -2.11. The van der Waals surface area contributed by atoms with Crippen molar-refractivity contribution < 1.29 is 9.53 Å². The van der Waals surface area contributed by atoms with Gasteiger partial charge < -0.3 is 4.74 Å². The zero-order chi connectivity index (χ0) is 11.8. The SMILES string of the molecule is CCCC(=O)OC(C)/C=C/c1ccccc1. The second-order valence-electron chi connectivity index (χ2n) is 3.71. The van der Waals surface area contributed by atoms with Gasteiger partial charge in [-0.25, -0.2) is 0 Å². The Hall–Kier alpha value is -1.57. The highest BCUT2D eigenvalue weighted by atomic mass is 16.5. The highest BCUT2D eigenvalue weighted by molar-refractivity contribution is 5.69. The number of hydrogen-bond donors (Lipinski definition) is 0. The van der Waals surface area contributed by atoms with Gasteiger partial charge in [0.05, 0.1) is 0 Å². The molecule has 86 valence electrons. The molecule has 1 rings (SSSR count). The Morgan fingerprint density at radius 1 is 1.38 bits per heavy atom. The van der Waals surface area contributed by atoms with Crippen LogP contribution in [0, 0.1) is 0 Å². The standard InChI is InChI=1S/C14H18O2/c1-3-7-14(15)16-12(2)10-11-13-8-5-4-6-9-13/h4-6,8-12H,3,7H2,1-2H3/b11-10+. The summed E-state index contributed by atoms with van der Waals surface area (Å²) in [7, 11) is 0. The minimum atomic E-state index is -0.167. The van der Waals surface area contributed by atoms with Crippen molar-refractivity contribution in [3.05, 3.63) is 42.0 Å². The maximum atomic E-state index is 11.2. The molecule has 0 heterocycles. The highest BCUT2D eigenvalue weighted by Gasteiger charge is 2.04. The van der Waals surface area contributed by atoms with E-state index in [9.17, 15) is 4.79 Å². The lowest BCUT2D eigenvalue weighted by atomic mass is 10.2. The number of hydrogen-bond acceptors (Lipinski definition) is 2. The van der Waals surface area contributed by atoms with E-state index in [1.165, 1.54) is 0 Å². The van der Waals surface area contributed by atoms with Gasteiger partial charge in [-0.2, -0.15) is 0 Å². The van der Waals surface area contributed by atoms with E-state index < -0.39 is 0 Å². The Balaban J connectivity index is 2.42. The summed E-state index contributed by atoms with van der Waals surface area (Å²) < 4.78 is 5.19. The summed E-state index contributed by atoms with van der Waals surface area (Å²) in [5.74, 6) is -0.132. The fraction of sp³-hybridized carbons (Fsp3) is 0.357. The summed E-state index contributed by atoms with van der Waals surface area (Å²) in [6.07, 6.45) is 5.00. The Morgan fingerprint density at radius 2 is 2.06 bits per heavy atom. The van der Waals surface area contributed by atoms with E-state index in [4.69, 9.17) is 4.74 Å². The first kappa shape index (κ1) is 12.5. The largest absolute Gasteiger partial charge is 0.458 e. The third-order valence-electron chi connectivity index (χ3n) is 2.13. The highest BCUT2D eigenvalue weighted by Crippen LogP contribution is 2.04. The third kappa shape index (κ3) is 4.78. The number of esters is 1. The van der Waals surface area contributed by atoms with Gasteiger partial charge in [0, 0.05) is 6.42 Å². The van der Waals surface area contributed by atoms with E-state index in [0.29, 0.717) is 6.42 Å². The molecule has 0 fully saturated rings. The van der Waals surface area contributed by atoms with E-state index in [1.807, 2.05) is 56.3 Å². The van der Waals surface area contributed by atoms with Gasteiger partial charge >= 0.3 is 5.97 Å². The third-order valence-corrected chi connectivity index (χ3v) is 2.13. The molecule has 1 aromatic carbocycles. The molecule has 2 nitrogen and oxygen atoms in total. The van der Waals surface area contributed by atoms with Crippen molar-refractivity contribution in [3.63, 3.8) is 0 Å². The predicted octanol–water partition coefficient (Wildman–Crippen LogP) is 3.43. The summed E-state index contributed by atoms with van der Waals surface area (Å²) >= 11 is 0. The van der Waals surface area contributed by atoms with Crippen molar-refractivity contribution in [2.24, 2.45) is 0 Å². The quantitative estimate of drug-likeness (QED) is 0.708. The molecule has 1 aromatic rings. The molecule has 0 saturated heterocycles. The number of carbonyl (C=O) groups is 1. The van der Waals surface area contributed by atoms with Crippen LogP contribution in [0.5, 0.6) is 0 Å². The average Bonchev–Trinajstić information content (AvgIpc) is 2.28. The molecule has 2 heteroatoms. The molecule has 16 heavy (non-hydrogen) atoms. The fourth-order valence-corrected chi connectivity index (χ4v) is 1.32. The molecule has 0 spiro atoms. The normalized spacial score (nSPS) is 12.6. The van der Waals surface area contributed by atoms with Gasteiger partial charge in [0.25, 0.3) is 0 Å². The van der Waals surface area contributed by atoms with E-state index in [2.05, 4.69) is 0 Å². The summed E-state index contributed by atoms with van der Waals surface area (Å²) in [4.78, 5) is 11.2. The molecule has 0 saturated carbocycles. The van der Waals surface area contributed by atoms with Crippen LogP contribution in [0.4, 0.5) is 0 Å². The first-order valence-electron chi connectivity index (χ1n) is 5.65. The molecule has 0 aliphatic rings. The van der Waals surface area contributed by atoms with E-state index in [0.717, 1.165) is 12.0 Å². The summed E-state index contributed by atoms with van der Waals surface area (Å²) in [5, 5.41) is 0. The summed E-state index contributed by atoms with van der Waals surface area (Å²) in [6, 6.07) is 9.96. The zero-order valence-corrected chi connectivity index (χ0v) is 9.85. The van der Waals surface area contributed by atoms with Crippen LogP contribution in [0.2, 0.25) is 0 Å². The van der Waals surface area contributed by atoms with Crippen LogP contribution in [0.3, 0.4) is 0 Å². The van der Waals surface area contributed by atoms with Gasteiger partial charge in [0.2, 0.25) is 0 Å². The van der Waals surface area contributed by atoms with E-state index in [-0.39, 0.29) is 12.1 Å². The second kappa shape index (κ2) is 6.83. The van der Waals surface area contributed by atoms with Crippen molar-refractivity contribution in [2.45, 2.75) is 32.8 Å². The molecule has 0 bridgehead atoms. The van der Waals surface area contributed by atoms with Gasteiger partial charge in [-0.15, -0.1) is 0 Å². The van der Waals surface area contributed by atoms with Gasteiger partial charge in [0.15, 0.2) is 0 Å². The maximum Gasteiger partial charge on any atom is 0.306 e. The summed E-state index contributed by atoms with van der Waals surface area (Å²) in [6.45, 7) is 3.83. The lowest BCUT2D eigenvalue weighted by molar-refractivity contribution is -0.146. The van der Waals surface area contributed by atoms with Gasteiger partial charge in [-0.1, -0.05) is 43.3 Å². The molecular formula is C14H18O2. The average molecular weight is 218 g/mol. The number of carbonyl (C=O) groups excluding carboxylic acids is 1. The first-order valence-corrected chi connectivity index (χ1v) is 5.65. The number of ether oxygens (including phenoxy) is 1. The fourth-order valence-electron chi connectivity index (χ4n) is 1.32. The zero-order valence-electron chi connectivity index (χ0n) is 9.85. The second-order valence-corrected chi connectivity index (χ2v) is 3.71. The molecule has 0 N–H and O–H groups in total. The Morgan fingerprint density at radius 3 is 2.69 bits per heavy atom. The van der Waals surface area contributed by atoms with Crippen LogP contribution in [-0.4, -0.2) is 12.1 Å². The topological polar surface area (TPSA) is 26.3 Å². The number of rotatable bonds is 5. The lowest BCUT2D eigenvalue weighted by Gasteiger charge is -2.08. The van der Waals surface area contributed by atoms with E-state index in [1.54, 1.807) is 0 Å². The van der Waals surface area contributed by atoms with Crippen molar-refractivity contribution >= 4 is 12.0 Å². The molecular weight excluding hydrogens is 200 g/mol. The van der Waals surface area contributed by atoms with Crippen molar-refractivity contribution in [2.75, 3.05) is 0 Å². The number of benzene rings is 1. The van der Waals surface area contributed by atoms with Crippen LogP contribution >= 0.6 is 0 Å². The molecule has 1 unspecified atom stereocenters.